The zero-order chi connectivity index (χ0) is 15.4. The molecule has 7 heteroatoms. The molecule has 0 fully saturated rings. The van der Waals surface area contributed by atoms with E-state index in [0.29, 0.717) is 23.2 Å². The Morgan fingerprint density at radius 1 is 1.32 bits per heavy atom. The van der Waals surface area contributed by atoms with E-state index in [4.69, 9.17) is 4.42 Å². The first kappa shape index (κ1) is 14.4. The Hall–Kier alpha value is -2.54. The summed E-state index contributed by atoms with van der Waals surface area (Å²) < 4.78 is 5.68. The van der Waals surface area contributed by atoms with Crippen molar-refractivity contribution >= 4 is 22.4 Å². The summed E-state index contributed by atoms with van der Waals surface area (Å²) in [7, 11) is 0. The van der Waals surface area contributed by atoms with Gasteiger partial charge in [-0.15, -0.1) is 10.2 Å². The maximum atomic E-state index is 11.8. The number of carbonyl (C=O) groups is 1. The average Bonchev–Trinajstić information content (AvgIpc) is 3.17. The highest BCUT2D eigenvalue weighted by molar-refractivity contribution is 7.13. The van der Waals surface area contributed by atoms with Gasteiger partial charge in [-0.2, -0.15) is 0 Å². The summed E-state index contributed by atoms with van der Waals surface area (Å²) in [6.45, 7) is 2.03. The minimum absolute atomic E-state index is 0.133. The van der Waals surface area contributed by atoms with Crippen LogP contribution >= 0.6 is 11.3 Å². The Kier molecular flexibility index (Phi) is 4.24. The summed E-state index contributed by atoms with van der Waals surface area (Å²) in [5.74, 6) is 1.12. The fourth-order valence-electron chi connectivity index (χ4n) is 1.91. The highest BCUT2D eigenvalue weighted by Gasteiger charge is 2.10. The molecular weight excluding hydrogens is 300 g/mol. The van der Waals surface area contributed by atoms with Crippen LogP contribution in [0.25, 0.3) is 11.3 Å². The molecule has 0 saturated heterocycles. The summed E-state index contributed by atoms with van der Waals surface area (Å²) in [5.41, 5.74) is 3.73. The van der Waals surface area contributed by atoms with E-state index in [1.807, 2.05) is 31.2 Å². The monoisotopic (exact) mass is 314 g/mol. The van der Waals surface area contributed by atoms with Crippen LogP contribution in [0.4, 0.5) is 5.13 Å². The van der Waals surface area contributed by atoms with Crippen LogP contribution < -0.4 is 5.32 Å². The molecule has 0 aliphatic rings. The fourth-order valence-corrected chi connectivity index (χ4v) is 2.37. The van der Waals surface area contributed by atoms with Gasteiger partial charge in [0.1, 0.15) is 5.51 Å². The van der Waals surface area contributed by atoms with Crippen molar-refractivity contribution in [3.05, 3.63) is 47.4 Å². The first-order valence-corrected chi connectivity index (χ1v) is 7.66. The molecular formula is C15H14N4O2S. The van der Waals surface area contributed by atoms with Gasteiger partial charge >= 0.3 is 0 Å². The predicted octanol–water partition coefficient (Wildman–Crippen LogP) is 3.07. The number of rotatable bonds is 5. The lowest BCUT2D eigenvalue weighted by molar-refractivity contribution is -0.116. The quantitative estimate of drug-likeness (QED) is 0.782. The van der Waals surface area contributed by atoms with Crippen LogP contribution in [0, 0.1) is 6.92 Å². The molecule has 3 rings (SSSR count). The van der Waals surface area contributed by atoms with Gasteiger partial charge in [-0.05, 0) is 6.92 Å². The van der Waals surface area contributed by atoms with Crippen LogP contribution in [-0.4, -0.2) is 21.1 Å². The zero-order valence-corrected chi connectivity index (χ0v) is 12.8. The standard InChI is InChI=1S/C15H14N4O2S/c1-10-2-4-11(5-3-10)12-8-16-14(21-12)7-6-13(20)18-15-19-17-9-22-15/h2-5,8-9H,6-7H2,1H3,(H,18,19,20). The number of nitrogens with zero attached hydrogens (tertiary/aromatic N) is 3. The van der Waals surface area contributed by atoms with Crippen molar-refractivity contribution in [1.82, 2.24) is 15.2 Å². The van der Waals surface area contributed by atoms with Gasteiger partial charge in [-0.25, -0.2) is 4.98 Å². The van der Waals surface area contributed by atoms with Gasteiger partial charge in [0, 0.05) is 18.4 Å². The molecule has 2 aromatic heterocycles. The lowest BCUT2D eigenvalue weighted by Gasteiger charge is -1.99. The van der Waals surface area contributed by atoms with E-state index in [0.717, 1.165) is 5.56 Å². The molecule has 0 unspecified atom stereocenters. The molecule has 0 aliphatic heterocycles. The smallest absolute Gasteiger partial charge is 0.226 e. The van der Waals surface area contributed by atoms with Gasteiger partial charge in [0.05, 0.1) is 6.20 Å². The molecule has 1 N–H and O–H groups in total. The third-order valence-electron chi connectivity index (χ3n) is 3.06. The Bertz CT molecular complexity index is 750. The summed E-state index contributed by atoms with van der Waals surface area (Å²) in [6.07, 6.45) is 2.41. The van der Waals surface area contributed by atoms with Crippen LogP contribution in [-0.2, 0) is 11.2 Å². The second kappa shape index (κ2) is 6.48. The number of aryl methyl sites for hydroxylation is 2. The fraction of sp³-hybridized carbons (Fsp3) is 0.200. The molecule has 0 radical (unpaired) electrons. The van der Waals surface area contributed by atoms with Gasteiger partial charge in [0.2, 0.25) is 11.0 Å². The van der Waals surface area contributed by atoms with Crippen LogP contribution in [0.15, 0.2) is 40.4 Å². The molecule has 2 heterocycles. The van der Waals surface area contributed by atoms with E-state index in [1.165, 1.54) is 16.9 Å². The number of benzene rings is 1. The molecule has 0 saturated carbocycles. The lowest BCUT2D eigenvalue weighted by Crippen LogP contribution is -2.12. The van der Waals surface area contributed by atoms with Gasteiger partial charge in [-0.1, -0.05) is 41.2 Å². The van der Waals surface area contributed by atoms with Crippen molar-refractivity contribution in [2.24, 2.45) is 0 Å². The Balaban J connectivity index is 1.57. The summed E-state index contributed by atoms with van der Waals surface area (Å²) in [6, 6.07) is 8.02. The summed E-state index contributed by atoms with van der Waals surface area (Å²) in [5, 5.41) is 10.6. The van der Waals surface area contributed by atoms with Crippen LogP contribution in [0.3, 0.4) is 0 Å². The average molecular weight is 314 g/mol. The number of carbonyl (C=O) groups excluding carboxylic acids is 1. The lowest BCUT2D eigenvalue weighted by atomic mass is 10.1. The van der Waals surface area contributed by atoms with Crippen molar-refractivity contribution in [2.75, 3.05) is 5.32 Å². The maximum Gasteiger partial charge on any atom is 0.226 e. The highest BCUT2D eigenvalue weighted by atomic mass is 32.1. The number of anilines is 1. The van der Waals surface area contributed by atoms with E-state index in [-0.39, 0.29) is 12.3 Å². The molecule has 0 bridgehead atoms. The first-order valence-electron chi connectivity index (χ1n) is 6.78. The molecule has 3 aromatic rings. The second-order valence-corrected chi connectivity index (χ2v) is 5.61. The molecule has 0 spiro atoms. The van der Waals surface area contributed by atoms with Crippen LogP contribution in [0.2, 0.25) is 0 Å². The van der Waals surface area contributed by atoms with Crippen molar-refractivity contribution in [3.63, 3.8) is 0 Å². The van der Waals surface area contributed by atoms with E-state index in [9.17, 15) is 4.79 Å². The molecule has 0 aliphatic carbocycles. The largest absolute Gasteiger partial charge is 0.441 e. The second-order valence-electron chi connectivity index (χ2n) is 4.78. The molecule has 112 valence electrons. The van der Waals surface area contributed by atoms with Crippen molar-refractivity contribution < 1.29 is 9.21 Å². The van der Waals surface area contributed by atoms with Crippen LogP contribution in [0.5, 0.6) is 0 Å². The summed E-state index contributed by atoms with van der Waals surface area (Å²) >= 11 is 1.28. The van der Waals surface area contributed by atoms with Crippen molar-refractivity contribution in [1.29, 1.82) is 0 Å². The molecule has 22 heavy (non-hydrogen) atoms. The molecule has 6 nitrogen and oxygen atoms in total. The maximum absolute atomic E-state index is 11.8. The van der Waals surface area contributed by atoms with Crippen LogP contribution in [0.1, 0.15) is 17.9 Å². The molecule has 0 atom stereocenters. The van der Waals surface area contributed by atoms with Gasteiger partial charge in [-0.3, -0.25) is 4.79 Å². The normalized spacial score (nSPS) is 10.6. The Morgan fingerprint density at radius 3 is 2.86 bits per heavy atom. The van der Waals surface area contributed by atoms with E-state index in [2.05, 4.69) is 20.5 Å². The number of amides is 1. The van der Waals surface area contributed by atoms with Gasteiger partial charge < -0.3 is 9.73 Å². The van der Waals surface area contributed by atoms with Crippen molar-refractivity contribution in [3.8, 4) is 11.3 Å². The first-order chi connectivity index (χ1) is 10.7. The number of hydrogen-bond donors (Lipinski definition) is 1. The van der Waals surface area contributed by atoms with E-state index < -0.39 is 0 Å². The zero-order valence-electron chi connectivity index (χ0n) is 11.9. The third kappa shape index (κ3) is 3.56. The predicted molar refractivity (Wildman–Crippen MR) is 83.5 cm³/mol. The number of oxazole rings is 1. The Morgan fingerprint density at radius 2 is 2.14 bits per heavy atom. The van der Waals surface area contributed by atoms with E-state index in [1.54, 1.807) is 11.7 Å². The topological polar surface area (TPSA) is 80.9 Å². The highest BCUT2D eigenvalue weighted by Crippen LogP contribution is 2.21. The Labute approximate surface area is 131 Å². The number of nitrogens with one attached hydrogen (secondary N) is 1. The van der Waals surface area contributed by atoms with Gasteiger partial charge in [0.15, 0.2) is 11.7 Å². The third-order valence-corrected chi connectivity index (χ3v) is 3.67. The van der Waals surface area contributed by atoms with Gasteiger partial charge in [0.25, 0.3) is 0 Å². The summed E-state index contributed by atoms with van der Waals surface area (Å²) in [4.78, 5) is 16.0. The minimum atomic E-state index is -0.133. The number of aromatic nitrogens is 3. The van der Waals surface area contributed by atoms with E-state index >= 15 is 0 Å². The number of hydrogen-bond acceptors (Lipinski definition) is 6. The SMILES string of the molecule is Cc1ccc(-c2cnc(CCC(=O)Nc3nncs3)o2)cc1. The van der Waals surface area contributed by atoms with Crippen molar-refractivity contribution in [2.45, 2.75) is 19.8 Å². The molecule has 1 aromatic carbocycles. The molecule has 1 amide bonds. The minimum Gasteiger partial charge on any atom is -0.441 e.